The molecule has 0 fully saturated rings. The molecule has 0 saturated heterocycles. The monoisotopic (exact) mass is 407 g/mol. The molecule has 0 radical (unpaired) electrons. The van der Waals surface area contributed by atoms with Crippen LogP contribution >= 0.6 is 0 Å². The molecule has 2 aliphatic rings. The third kappa shape index (κ3) is 4.27. The Balaban J connectivity index is 1.44. The summed E-state index contributed by atoms with van der Waals surface area (Å²) >= 11 is 0. The number of fused-ring (bicyclic) bond motifs is 2. The Hall–Kier alpha value is -3.02. The second-order valence-electron chi connectivity index (χ2n) is 8.09. The molecular formula is C24H29N3O3. The van der Waals surface area contributed by atoms with E-state index in [1.165, 1.54) is 24.0 Å². The molecule has 0 unspecified atom stereocenters. The van der Waals surface area contributed by atoms with Crippen LogP contribution in [0.1, 0.15) is 42.5 Å². The Morgan fingerprint density at radius 2 is 1.90 bits per heavy atom. The lowest BCUT2D eigenvalue weighted by atomic mass is 9.89. The van der Waals surface area contributed by atoms with Gasteiger partial charge < -0.3 is 20.3 Å². The molecule has 4 rings (SSSR count). The highest BCUT2D eigenvalue weighted by molar-refractivity contribution is 5.86. The Bertz CT molecular complexity index is 943. The summed E-state index contributed by atoms with van der Waals surface area (Å²) < 4.78 is 5.81. The van der Waals surface area contributed by atoms with Gasteiger partial charge >= 0.3 is 0 Å². The lowest BCUT2D eigenvalue weighted by Gasteiger charge is -2.35. The van der Waals surface area contributed by atoms with Gasteiger partial charge in [-0.25, -0.2) is 0 Å². The molecule has 0 aromatic heterocycles. The van der Waals surface area contributed by atoms with E-state index in [9.17, 15) is 9.59 Å². The fourth-order valence-electron chi connectivity index (χ4n) is 4.32. The molecule has 1 aliphatic carbocycles. The van der Waals surface area contributed by atoms with Crippen molar-refractivity contribution in [2.75, 3.05) is 25.0 Å². The van der Waals surface area contributed by atoms with Gasteiger partial charge in [-0.3, -0.25) is 9.59 Å². The summed E-state index contributed by atoms with van der Waals surface area (Å²) in [7, 11) is 1.59. The lowest BCUT2D eigenvalue weighted by molar-refractivity contribution is -0.127. The Kier molecular flexibility index (Phi) is 5.93. The van der Waals surface area contributed by atoms with E-state index in [0.29, 0.717) is 12.3 Å². The maximum Gasteiger partial charge on any atom is 0.262 e. The Morgan fingerprint density at radius 1 is 1.13 bits per heavy atom. The van der Waals surface area contributed by atoms with Crippen LogP contribution in [0.3, 0.4) is 0 Å². The van der Waals surface area contributed by atoms with Crippen LogP contribution in [0.2, 0.25) is 0 Å². The van der Waals surface area contributed by atoms with Gasteiger partial charge in [0, 0.05) is 7.05 Å². The largest absolute Gasteiger partial charge is 0.477 e. The van der Waals surface area contributed by atoms with E-state index in [1.54, 1.807) is 7.05 Å². The number of para-hydroxylation sites is 2. The van der Waals surface area contributed by atoms with Crippen molar-refractivity contribution < 1.29 is 14.3 Å². The van der Waals surface area contributed by atoms with E-state index in [2.05, 4.69) is 28.8 Å². The van der Waals surface area contributed by atoms with Crippen molar-refractivity contribution in [3.05, 3.63) is 59.2 Å². The van der Waals surface area contributed by atoms with Gasteiger partial charge in [-0.2, -0.15) is 0 Å². The number of benzene rings is 2. The number of amides is 2. The number of nitrogens with zero attached hydrogens (tertiary/aromatic N) is 1. The van der Waals surface area contributed by atoms with Crippen molar-refractivity contribution in [3.63, 3.8) is 0 Å². The van der Waals surface area contributed by atoms with Gasteiger partial charge in [0.05, 0.1) is 24.8 Å². The number of anilines is 1. The summed E-state index contributed by atoms with van der Waals surface area (Å²) in [5.74, 6) is 0.345. The predicted octanol–water partition coefficient (Wildman–Crippen LogP) is 2.76. The number of carbonyl (C=O) groups is 2. The van der Waals surface area contributed by atoms with Crippen LogP contribution in [0, 0.1) is 0 Å². The normalized spacial score (nSPS) is 18.5. The first-order valence-corrected chi connectivity index (χ1v) is 10.7. The van der Waals surface area contributed by atoms with Gasteiger partial charge in [0.1, 0.15) is 5.75 Å². The van der Waals surface area contributed by atoms with Crippen LogP contribution in [-0.2, 0) is 22.4 Å². The van der Waals surface area contributed by atoms with Gasteiger partial charge in [0.2, 0.25) is 5.91 Å². The molecule has 2 N–H and O–H groups in total. The van der Waals surface area contributed by atoms with Crippen molar-refractivity contribution >= 4 is 17.5 Å². The molecule has 0 bridgehead atoms. The number of aryl methyl sites for hydroxylation is 2. The fourth-order valence-corrected chi connectivity index (χ4v) is 4.32. The van der Waals surface area contributed by atoms with Crippen LogP contribution in [0.4, 0.5) is 5.69 Å². The molecule has 6 nitrogen and oxygen atoms in total. The van der Waals surface area contributed by atoms with E-state index >= 15 is 0 Å². The minimum atomic E-state index is -0.643. The van der Waals surface area contributed by atoms with E-state index in [0.717, 1.165) is 24.1 Å². The number of hydrogen-bond donors (Lipinski definition) is 2. The SMILES string of the molecule is CNC(=O)[C@H]1CN(CC(=O)N[C@H](C)c2ccc3c(c2)CCCC3)c2ccccc2O1. The number of carbonyl (C=O) groups excluding carboxylic acids is 2. The Morgan fingerprint density at radius 3 is 2.70 bits per heavy atom. The lowest BCUT2D eigenvalue weighted by Crippen LogP contribution is -2.50. The maximum absolute atomic E-state index is 12.8. The predicted molar refractivity (Wildman–Crippen MR) is 117 cm³/mol. The molecular weight excluding hydrogens is 378 g/mol. The Labute approximate surface area is 177 Å². The molecule has 30 heavy (non-hydrogen) atoms. The van der Waals surface area contributed by atoms with Crippen LogP contribution in [-0.4, -0.2) is 38.1 Å². The first-order chi connectivity index (χ1) is 14.5. The van der Waals surface area contributed by atoms with Crippen LogP contribution < -0.4 is 20.3 Å². The molecule has 2 atom stereocenters. The number of hydrogen-bond acceptors (Lipinski definition) is 4. The zero-order valence-corrected chi connectivity index (χ0v) is 17.6. The van der Waals surface area contributed by atoms with Crippen molar-refractivity contribution in [1.82, 2.24) is 10.6 Å². The maximum atomic E-state index is 12.8. The van der Waals surface area contributed by atoms with E-state index in [-0.39, 0.29) is 24.4 Å². The van der Waals surface area contributed by atoms with Gasteiger partial charge in [0.15, 0.2) is 6.10 Å². The van der Waals surface area contributed by atoms with E-state index in [1.807, 2.05) is 36.1 Å². The molecule has 1 aliphatic heterocycles. The minimum absolute atomic E-state index is 0.0734. The number of likely N-dealkylation sites (N-methyl/N-ethyl adjacent to an activating group) is 1. The van der Waals surface area contributed by atoms with Gasteiger partial charge in [-0.1, -0.05) is 30.3 Å². The number of ether oxygens (including phenoxy) is 1. The quantitative estimate of drug-likeness (QED) is 0.800. The van der Waals surface area contributed by atoms with Crippen molar-refractivity contribution in [1.29, 1.82) is 0 Å². The van der Waals surface area contributed by atoms with Crippen LogP contribution in [0.5, 0.6) is 5.75 Å². The molecule has 2 amide bonds. The molecule has 1 heterocycles. The number of nitrogens with one attached hydrogen (secondary N) is 2. The third-order valence-electron chi connectivity index (χ3n) is 5.98. The molecule has 158 valence electrons. The van der Waals surface area contributed by atoms with Crippen LogP contribution in [0.15, 0.2) is 42.5 Å². The molecule has 6 heteroatoms. The summed E-state index contributed by atoms with van der Waals surface area (Å²) in [5.41, 5.74) is 4.81. The fraction of sp³-hybridized carbons (Fsp3) is 0.417. The van der Waals surface area contributed by atoms with Gasteiger partial charge in [-0.15, -0.1) is 0 Å². The second kappa shape index (κ2) is 8.78. The summed E-state index contributed by atoms with van der Waals surface area (Å²) in [4.78, 5) is 26.9. The van der Waals surface area contributed by atoms with Crippen molar-refractivity contribution in [3.8, 4) is 5.75 Å². The van der Waals surface area contributed by atoms with Gasteiger partial charge in [0.25, 0.3) is 5.91 Å². The first-order valence-electron chi connectivity index (χ1n) is 10.7. The third-order valence-corrected chi connectivity index (χ3v) is 5.98. The summed E-state index contributed by atoms with van der Waals surface area (Å²) in [6.45, 7) is 2.52. The van der Waals surface area contributed by atoms with Crippen LogP contribution in [0.25, 0.3) is 0 Å². The zero-order chi connectivity index (χ0) is 21.1. The highest BCUT2D eigenvalue weighted by atomic mass is 16.5. The van der Waals surface area contributed by atoms with Crippen molar-refractivity contribution in [2.24, 2.45) is 0 Å². The highest BCUT2D eigenvalue weighted by Gasteiger charge is 2.31. The average molecular weight is 408 g/mol. The second-order valence-corrected chi connectivity index (χ2v) is 8.09. The molecule has 2 aromatic rings. The van der Waals surface area contributed by atoms with Crippen molar-refractivity contribution in [2.45, 2.75) is 44.8 Å². The summed E-state index contributed by atoms with van der Waals surface area (Å²) in [6.07, 6.45) is 4.13. The van der Waals surface area contributed by atoms with E-state index < -0.39 is 6.10 Å². The smallest absolute Gasteiger partial charge is 0.262 e. The zero-order valence-electron chi connectivity index (χ0n) is 17.6. The molecule has 0 spiro atoms. The number of rotatable bonds is 5. The summed E-state index contributed by atoms with van der Waals surface area (Å²) in [6, 6.07) is 14.0. The van der Waals surface area contributed by atoms with E-state index in [4.69, 9.17) is 4.74 Å². The standard InChI is InChI=1S/C24H29N3O3/c1-16(18-12-11-17-7-3-4-8-19(17)13-18)26-23(28)15-27-14-22(24(29)25-2)30-21-10-6-5-9-20(21)27/h5-6,9-13,16,22H,3-4,7-8,14-15H2,1-2H3,(H,25,29)(H,26,28)/t16-,22-/m1/s1. The average Bonchev–Trinajstić information content (AvgIpc) is 2.78. The molecule has 2 aromatic carbocycles. The molecule has 0 saturated carbocycles. The van der Waals surface area contributed by atoms with Gasteiger partial charge in [-0.05, 0) is 61.4 Å². The highest BCUT2D eigenvalue weighted by Crippen LogP contribution is 2.33. The summed E-state index contributed by atoms with van der Waals surface area (Å²) in [5, 5.41) is 5.74. The topological polar surface area (TPSA) is 70.7 Å². The minimum Gasteiger partial charge on any atom is -0.477 e. The first kappa shape index (κ1) is 20.3.